The number of hydrogen-bond acceptors (Lipinski definition) is 3. The van der Waals surface area contributed by atoms with E-state index in [0.29, 0.717) is 6.61 Å². The second-order valence-corrected chi connectivity index (χ2v) is 3.03. The molecule has 0 saturated carbocycles. The lowest BCUT2D eigenvalue weighted by Crippen LogP contribution is -2.19. The fourth-order valence-electron chi connectivity index (χ4n) is 1.33. The van der Waals surface area contributed by atoms with Crippen LogP contribution in [0.5, 0.6) is 5.75 Å². The smallest absolute Gasteiger partial charge is 0.119 e. The number of likely N-dealkylation sites (N-methyl/N-ethyl adjacent to an activating group) is 1. The second-order valence-electron chi connectivity index (χ2n) is 3.03. The Balaban J connectivity index is 2.71. The lowest BCUT2D eigenvalue weighted by molar-refractivity contribution is 0.251. The van der Waals surface area contributed by atoms with Gasteiger partial charge in [0, 0.05) is 0 Å². The molecule has 0 aliphatic rings. The van der Waals surface area contributed by atoms with Crippen molar-refractivity contribution < 1.29 is 9.84 Å². The molecule has 1 aromatic rings. The first-order chi connectivity index (χ1) is 6.81. The topological polar surface area (TPSA) is 41.5 Å². The fourth-order valence-corrected chi connectivity index (χ4v) is 1.33. The van der Waals surface area contributed by atoms with E-state index in [1.165, 1.54) is 0 Å². The van der Waals surface area contributed by atoms with Gasteiger partial charge in [0.2, 0.25) is 0 Å². The number of aliphatic hydroxyl groups is 1. The van der Waals surface area contributed by atoms with E-state index < -0.39 is 0 Å². The largest absolute Gasteiger partial charge is 0.494 e. The molecular weight excluding hydrogens is 178 g/mol. The molecule has 0 bridgehead atoms. The molecular formula is C11H17NO2. The van der Waals surface area contributed by atoms with Gasteiger partial charge in [0.05, 0.1) is 19.3 Å². The quantitative estimate of drug-likeness (QED) is 0.745. The fraction of sp³-hybridized carbons (Fsp3) is 0.455. The van der Waals surface area contributed by atoms with E-state index in [4.69, 9.17) is 9.84 Å². The van der Waals surface area contributed by atoms with Crippen molar-refractivity contribution in [3.63, 3.8) is 0 Å². The molecule has 1 aromatic carbocycles. The van der Waals surface area contributed by atoms with Gasteiger partial charge in [-0.15, -0.1) is 0 Å². The van der Waals surface area contributed by atoms with Crippen LogP contribution in [-0.2, 0) is 0 Å². The highest BCUT2D eigenvalue weighted by Gasteiger charge is 2.06. The van der Waals surface area contributed by atoms with E-state index in [2.05, 4.69) is 5.32 Å². The SMILES string of the molecule is CCOc1ccc(C(CO)NC)cc1. The average Bonchev–Trinajstić information content (AvgIpc) is 2.23. The van der Waals surface area contributed by atoms with Crippen LogP contribution in [0.1, 0.15) is 18.5 Å². The summed E-state index contributed by atoms with van der Waals surface area (Å²) in [6.07, 6.45) is 0. The van der Waals surface area contributed by atoms with Crippen molar-refractivity contribution in [2.45, 2.75) is 13.0 Å². The van der Waals surface area contributed by atoms with Crippen molar-refractivity contribution >= 4 is 0 Å². The minimum atomic E-state index is 0.00526. The number of nitrogens with one attached hydrogen (secondary N) is 1. The van der Waals surface area contributed by atoms with Gasteiger partial charge in [-0.3, -0.25) is 0 Å². The molecule has 2 N–H and O–H groups in total. The van der Waals surface area contributed by atoms with Crippen LogP contribution in [0.4, 0.5) is 0 Å². The summed E-state index contributed by atoms with van der Waals surface area (Å²) in [6, 6.07) is 7.76. The molecule has 0 aliphatic carbocycles. The Hall–Kier alpha value is -1.06. The van der Waals surface area contributed by atoms with E-state index in [9.17, 15) is 0 Å². The minimum absolute atomic E-state index is 0.00526. The minimum Gasteiger partial charge on any atom is -0.494 e. The summed E-state index contributed by atoms with van der Waals surface area (Å²) < 4.78 is 5.32. The Labute approximate surface area is 84.7 Å². The van der Waals surface area contributed by atoms with Gasteiger partial charge in [-0.2, -0.15) is 0 Å². The van der Waals surface area contributed by atoms with Crippen LogP contribution in [-0.4, -0.2) is 25.4 Å². The molecule has 0 amide bonds. The molecule has 0 radical (unpaired) electrons. The highest BCUT2D eigenvalue weighted by Crippen LogP contribution is 2.17. The molecule has 0 aromatic heterocycles. The molecule has 0 aliphatic heterocycles. The number of hydrogen-bond donors (Lipinski definition) is 2. The number of benzene rings is 1. The predicted octanol–water partition coefficient (Wildman–Crippen LogP) is 1.34. The van der Waals surface area contributed by atoms with Gasteiger partial charge in [-0.1, -0.05) is 12.1 Å². The van der Waals surface area contributed by atoms with E-state index in [1.807, 2.05) is 38.2 Å². The Bertz CT molecular complexity index is 254. The molecule has 1 unspecified atom stereocenters. The number of rotatable bonds is 5. The first kappa shape index (κ1) is 11.0. The Morgan fingerprint density at radius 3 is 2.43 bits per heavy atom. The molecule has 78 valence electrons. The van der Waals surface area contributed by atoms with Gasteiger partial charge in [-0.25, -0.2) is 0 Å². The molecule has 1 rings (SSSR count). The van der Waals surface area contributed by atoms with Gasteiger partial charge in [0.1, 0.15) is 5.75 Å². The number of aliphatic hydroxyl groups excluding tert-OH is 1. The van der Waals surface area contributed by atoms with Crippen LogP contribution in [0.15, 0.2) is 24.3 Å². The molecule has 3 heteroatoms. The normalized spacial score (nSPS) is 12.5. The molecule has 0 spiro atoms. The first-order valence-electron chi connectivity index (χ1n) is 4.82. The van der Waals surface area contributed by atoms with Crippen LogP contribution in [0.3, 0.4) is 0 Å². The molecule has 0 fully saturated rings. The van der Waals surface area contributed by atoms with E-state index in [1.54, 1.807) is 0 Å². The highest BCUT2D eigenvalue weighted by atomic mass is 16.5. The van der Waals surface area contributed by atoms with Crippen LogP contribution in [0.2, 0.25) is 0 Å². The third-order valence-electron chi connectivity index (χ3n) is 2.12. The summed E-state index contributed by atoms with van der Waals surface area (Å²) in [5, 5.41) is 12.1. The molecule has 0 saturated heterocycles. The standard InChI is InChI=1S/C11H17NO2/c1-3-14-10-6-4-9(5-7-10)11(8-13)12-2/h4-7,11-13H,3,8H2,1-2H3. The van der Waals surface area contributed by atoms with Crippen molar-refractivity contribution in [1.29, 1.82) is 0 Å². The molecule has 0 heterocycles. The first-order valence-corrected chi connectivity index (χ1v) is 4.82. The molecule has 3 nitrogen and oxygen atoms in total. The summed E-state index contributed by atoms with van der Waals surface area (Å²) in [7, 11) is 1.83. The zero-order valence-corrected chi connectivity index (χ0v) is 8.66. The van der Waals surface area contributed by atoms with Gasteiger partial charge < -0.3 is 15.2 Å². The van der Waals surface area contributed by atoms with E-state index in [-0.39, 0.29) is 12.6 Å². The van der Waals surface area contributed by atoms with Crippen molar-refractivity contribution in [1.82, 2.24) is 5.32 Å². The van der Waals surface area contributed by atoms with Crippen LogP contribution < -0.4 is 10.1 Å². The lowest BCUT2D eigenvalue weighted by atomic mass is 10.1. The highest BCUT2D eigenvalue weighted by molar-refractivity contribution is 5.29. The van der Waals surface area contributed by atoms with Gasteiger partial charge in [0.25, 0.3) is 0 Å². The number of ether oxygens (including phenoxy) is 1. The van der Waals surface area contributed by atoms with Crippen LogP contribution >= 0.6 is 0 Å². The summed E-state index contributed by atoms with van der Waals surface area (Å²) in [5.41, 5.74) is 1.07. The summed E-state index contributed by atoms with van der Waals surface area (Å²) in [6.45, 7) is 2.73. The van der Waals surface area contributed by atoms with Crippen LogP contribution in [0.25, 0.3) is 0 Å². The maximum atomic E-state index is 9.06. The zero-order valence-electron chi connectivity index (χ0n) is 8.66. The second kappa shape index (κ2) is 5.62. The van der Waals surface area contributed by atoms with E-state index in [0.717, 1.165) is 11.3 Å². The third kappa shape index (κ3) is 2.72. The zero-order chi connectivity index (χ0) is 10.4. The lowest BCUT2D eigenvalue weighted by Gasteiger charge is -2.13. The van der Waals surface area contributed by atoms with Gasteiger partial charge in [0.15, 0.2) is 0 Å². The average molecular weight is 195 g/mol. The van der Waals surface area contributed by atoms with Crippen molar-refractivity contribution in [2.75, 3.05) is 20.3 Å². The van der Waals surface area contributed by atoms with Crippen molar-refractivity contribution in [2.24, 2.45) is 0 Å². The van der Waals surface area contributed by atoms with Gasteiger partial charge in [-0.05, 0) is 31.7 Å². The summed E-state index contributed by atoms with van der Waals surface area (Å²) in [4.78, 5) is 0. The van der Waals surface area contributed by atoms with Crippen LogP contribution in [0, 0.1) is 0 Å². The Morgan fingerprint density at radius 2 is 2.00 bits per heavy atom. The maximum absolute atomic E-state index is 9.06. The Kier molecular flexibility index (Phi) is 4.43. The molecule has 14 heavy (non-hydrogen) atoms. The molecule has 1 atom stereocenters. The maximum Gasteiger partial charge on any atom is 0.119 e. The van der Waals surface area contributed by atoms with Crippen molar-refractivity contribution in [3.05, 3.63) is 29.8 Å². The predicted molar refractivity (Wildman–Crippen MR) is 56.5 cm³/mol. The van der Waals surface area contributed by atoms with Crippen molar-refractivity contribution in [3.8, 4) is 5.75 Å². The Morgan fingerprint density at radius 1 is 1.36 bits per heavy atom. The summed E-state index contributed by atoms with van der Waals surface area (Å²) in [5.74, 6) is 0.865. The van der Waals surface area contributed by atoms with Gasteiger partial charge >= 0.3 is 0 Å². The monoisotopic (exact) mass is 195 g/mol. The summed E-state index contributed by atoms with van der Waals surface area (Å²) >= 11 is 0. The van der Waals surface area contributed by atoms with E-state index >= 15 is 0 Å². The third-order valence-corrected chi connectivity index (χ3v) is 2.12.